The van der Waals surface area contributed by atoms with E-state index in [1.54, 1.807) is 19.2 Å². The maximum absolute atomic E-state index is 12.6. The molecule has 138 valence electrons. The fourth-order valence-corrected chi connectivity index (χ4v) is 2.75. The van der Waals surface area contributed by atoms with Crippen LogP contribution in [0.5, 0.6) is 5.75 Å². The van der Waals surface area contributed by atoms with E-state index in [9.17, 15) is 9.59 Å². The number of methoxy groups -OCH3 is 2. The van der Waals surface area contributed by atoms with Crippen LogP contribution in [0.25, 0.3) is 0 Å². The second-order valence-electron chi connectivity index (χ2n) is 6.28. The Morgan fingerprint density at radius 1 is 1.04 bits per heavy atom. The number of aryl methyl sites for hydroxylation is 2. The molecule has 0 radical (unpaired) electrons. The van der Waals surface area contributed by atoms with Gasteiger partial charge in [0.2, 0.25) is 5.91 Å². The van der Waals surface area contributed by atoms with Crippen molar-refractivity contribution < 1.29 is 19.1 Å². The van der Waals surface area contributed by atoms with Gasteiger partial charge in [-0.15, -0.1) is 0 Å². The Morgan fingerprint density at radius 2 is 1.73 bits per heavy atom. The first-order valence-electron chi connectivity index (χ1n) is 8.49. The summed E-state index contributed by atoms with van der Waals surface area (Å²) >= 11 is 0. The van der Waals surface area contributed by atoms with E-state index in [1.807, 2.05) is 44.2 Å². The highest BCUT2D eigenvalue weighted by Gasteiger charge is 2.19. The quantitative estimate of drug-likeness (QED) is 0.774. The second kappa shape index (κ2) is 9.04. The molecule has 2 aromatic rings. The monoisotopic (exact) mass is 355 g/mol. The van der Waals surface area contributed by atoms with E-state index in [2.05, 4.69) is 5.32 Å². The number of nitrogens with one attached hydrogen (secondary N) is 1. The van der Waals surface area contributed by atoms with E-state index in [1.165, 1.54) is 7.11 Å². The largest absolute Gasteiger partial charge is 0.497 e. The predicted octanol–water partition coefficient (Wildman–Crippen LogP) is 3.28. The molecule has 1 amide bonds. The summed E-state index contributed by atoms with van der Waals surface area (Å²) in [5, 5.41) is 2.95. The average Bonchev–Trinajstić information content (AvgIpc) is 2.64. The molecule has 0 aliphatic heterocycles. The number of esters is 1. The zero-order valence-corrected chi connectivity index (χ0v) is 15.7. The van der Waals surface area contributed by atoms with E-state index in [4.69, 9.17) is 9.47 Å². The van der Waals surface area contributed by atoms with Gasteiger partial charge in [0.25, 0.3) is 0 Å². The van der Waals surface area contributed by atoms with Crippen molar-refractivity contribution in [3.8, 4) is 5.75 Å². The Labute approximate surface area is 154 Å². The number of hydrogen-bond donors (Lipinski definition) is 1. The van der Waals surface area contributed by atoms with Crippen molar-refractivity contribution in [3.63, 3.8) is 0 Å². The van der Waals surface area contributed by atoms with Crippen molar-refractivity contribution in [2.45, 2.75) is 32.7 Å². The van der Waals surface area contributed by atoms with Gasteiger partial charge >= 0.3 is 5.97 Å². The van der Waals surface area contributed by atoms with Crippen LogP contribution in [-0.4, -0.2) is 26.1 Å². The van der Waals surface area contributed by atoms with Gasteiger partial charge in [-0.25, -0.2) is 0 Å². The highest BCUT2D eigenvalue weighted by molar-refractivity contribution is 5.80. The van der Waals surface area contributed by atoms with Crippen molar-refractivity contribution in [3.05, 3.63) is 64.7 Å². The lowest BCUT2D eigenvalue weighted by Gasteiger charge is -2.19. The van der Waals surface area contributed by atoms with Gasteiger partial charge in [-0.2, -0.15) is 0 Å². The smallest absolute Gasteiger partial charge is 0.307 e. The molecule has 5 heteroatoms. The molecule has 1 unspecified atom stereocenters. The molecule has 5 nitrogen and oxygen atoms in total. The Kier molecular flexibility index (Phi) is 6.78. The number of carbonyl (C=O) groups excluding carboxylic acids is 2. The molecule has 1 N–H and O–H groups in total. The maximum atomic E-state index is 12.6. The van der Waals surface area contributed by atoms with Crippen LogP contribution in [0.15, 0.2) is 42.5 Å². The van der Waals surface area contributed by atoms with Crippen LogP contribution in [0.2, 0.25) is 0 Å². The summed E-state index contributed by atoms with van der Waals surface area (Å²) in [4.78, 5) is 24.3. The van der Waals surface area contributed by atoms with E-state index < -0.39 is 6.04 Å². The van der Waals surface area contributed by atoms with Crippen LogP contribution in [0.1, 0.15) is 34.7 Å². The number of carbonyl (C=O) groups is 2. The molecule has 0 saturated carbocycles. The van der Waals surface area contributed by atoms with E-state index in [0.717, 1.165) is 22.3 Å². The standard InChI is InChI=1S/C21H25NO4/c1-14-5-6-15(2)17(11-14)12-20(23)22-19(13-21(24)26-4)16-7-9-18(25-3)10-8-16/h5-11,19H,12-13H2,1-4H3,(H,22,23). The van der Waals surface area contributed by atoms with Gasteiger partial charge in [0, 0.05) is 0 Å². The van der Waals surface area contributed by atoms with Crippen LogP contribution in [0.4, 0.5) is 0 Å². The second-order valence-corrected chi connectivity index (χ2v) is 6.28. The van der Waals surface area contributed by atoms with Gasteiger partial charge in [0.15, 0.2) is 0 Å². The van der Waals surface area contributed by atoms with Gasteiger partial charge in [-0.1, -0.05) is 35.9 Å². The Hall–Kier alpha value is -2.82. The van der Waals surface area contributed by atoms with Crippen LogP contribution in [0.3, 0.4) is 0 Å². The number of benzene rings is 2. The lowest BCUT2D eigenvalue weighted by molar-refractivity contribution is -0.141. The molecule has 26 heavy (non-hydrogen) atoms. The lowest BCUT2D eigenvalue weighted by Crippen LogP contribution is -2.31. The van der Waals surface area contributed by atoms with Crippen LogP contribution in [-0.2, 0) is 20.7 Å². The van der Waals surface area contributed by atoms with E-state index in [0.29, 0.717) is 5.75 Å². The summed E-state index contributed by atoms with van der Waals surface area (Å²) in [5.74, 6) is 0.202. The fourth-order valence-electron chi connectivity index (χ4n) is 2.75. The molecule has 0 aliphatic rings. The third-order valence-corrected chi connectivity index (χ3v) is 4.31. The van der Waals surface area contributed by atoms with E-state index >= 15 is 0 Å². The molecular formula is C21H25NO4. The summed E-state index contributed by atoms with van der Waals surface area (Å²) in [5.41, 5.74) is 3.99. The van der Waals surface area contributed by atoms with Crippen LogP contribution >= 0.6 is 0 Å². The molecule has 2 aromatic carbocycles. The molecule has 0 bridgehead atoms. The molecule has 0 saturated heterocycles. The SMILES string of the molecule is COC(=O)CC(NC(=O)Cc1cc(C)ccc1C)c1ccc(OC)cc1. The first-order chi connectivity index (χ1) is 12.4. The zero-order chi connectivity index (χ0) is 19.1. The third kappa shape index (κ3) is 5.34. The van der Waals surface area contributed by atoms with Gasteiger partial charge in [0.1, 0.15) is 5.75 Å². The van der Waals surface area contributed by atoms with Gasteiger partial charge in [0.05, 0.1) is 33.1 Å². The zero-order valence-electron chi connectivity index (χ0n) is 15.7. The highest BCUT2D eigenvalue weighted by Crippen LogP contribution is 2.21. The summed E-state index contributed by atoms with van der Waals surface area (Å²) in [6, 6.07) is 12.9. The molecule has 0 spiro atoms. The predicted molar refractivity (Wildman–Crippen MR) is 100 cm³/mol. The van der Waals surface area contributed by atoms with Crippen LogP contribution in [0, 0.1) is 13.8 Å². The fraction of sp³-hybridized carbons (Fsp3) is 0.333. The van der Waals surface area contributed by atoms with Crippen molar-refractivity contribution in [1.82, 2.24) is 5.32 Å². The van der Waals surface area contributed by atoms with E-state index in [-0.39, 0.29) is 24.7 Å². The summed E-state index contributed by atoms with van der Waals surface area (Å²) < 4.78 is 9.92. The normalized spacial score (nSPS) is 11.5. The lowest BCUT2D eigenvalue weighted by atomic mass is 10.0. The molecular weight excluding hydrogens is 330 g/mol. The van der Waals surface area contributed by atoms with Gasteiger partial charge in [-0.3, -0.25) is 9.59 Å². The minimum atomic E-state index is -0.453. The summed E-state index contributed by atoms with van der Waals surface area (Å²) in [6.07, 6.45) is 0.336. The minimum absolute atomic E-state index is 0.0708. The van der Waals surface area contributed by atoms with Crippen molar-refractivity contribution in [2.24, 2.45) is 0 Å². The van der Waals surface area contributed by atoms with Gasteiger partial charge < -0.3 is 14.8 Å². The molecule has 1 atom stereocenters. The Bertz CT molecular complexity index is 768. The number of rotatable bonds is 7. The topological polar surface area (TPSA) is 64.6 Å². The summed E-state index contributed by atoms with van der Waals surface area (Å²) in [6.45, 7) is 3.98. The van der Waals surface area contributed by atoms with Gasteiger partial charge in [-0.05, 0) is 42.7 Å². The molecule has 0 heterocycles. The van der Waals surface area contributed by atoms with Crippen molar-refractivity contribution >= 4 is 11.9 Å². The summed E-state index contributed by atoms with van der Waals surface area (Å²) in [7, 11) is 2.93. The molecule has 0 fully saturated rings. The third-order valence-electron chi connectivity index (χ3n) is 4.31. The molecule has 0 aromatic heterocycles. The minimum Gasteiger partial charge on any atom is -0.497 e. The molecule has 0 aliphatic carbocycles. The number of hydrogen-bond acceptors (Lipinski definition) is 4. The number of amides is 1. The van der Waals surface area contributed by atoms with Crippen LogP contribution < -0.4 is 10.1 Å². The maximum Gasteiger partial charge on any atom is 0.307 e. The number of ether oxygens (including phenoxy) is 2. The highest BCUT2D eigenvalue weighted by atomic mass is 16.5. The van der Waals surface area contributed by atoms with Crippen molar-refractivity contribution in [1.29, 1.82) is 0 Å². The molecule has 2 rings (SSSR count). The Morgan fingerprint density at radius 3 is 2.35 bits per heavy atom. The van der Waals surface area contributed by atoms with Crippen molar-refractivity contribution in [2.75, 3.05) is 14.2 Å². The first kappa shape index (κ1) is 19.5. The Balaban J connectivity index is 2.15. The first-order valence-corrected chi connectivity index (χ1v) is 8.49. The average molecular weight is 355 g/mol.